The molecule has 0 amide bonds. The molecule has 0 saturated carbocycles. The molecule has 2 atom stereocenters. The highest BCUT2D eigenvalue weighted by Crippen LogP contribution is 2.36. The maximum absolute atomic E-state index is 12.3. The van der Waals surface area contributed by atoms with Gasteiger partial charge in [-0.05, 0) is 44.4 Å². The molecule has 9 nitrogen and oxygen atoms in total. The van der Waals surface area contributed by atoms with Gasteiger partial charge < -0.3 is 24.4 Å². The zero-order chi connectivity index (χ0) is 33.6. The van der Waals surface area contributed by atoms with Gasteiger partial charge in [0, 0.05) is 12.8 Å². The van der Waals surface area contributed by atoms with Crippen molar-refractivity contribution in [1.29, 1.82) is 0 Å². The molecule has 0 aromatic heterocycles. The first kappa shape index (κ1) is 43.2. The summed E-state index contributed by atoms with van der Waals surface area (Å²) in [5.74, 6) is -0.376. The van der Waals surface area contributed by atoms with Gasteiger partial charge in [0.15, 0.2) is 6.10 Å². The molecule has 0 radical (unpaired) electrons. The predicted octanol–water partition coefficient (Wildman–Crippen LogP) is 8.67. The van der Waals surface area contributed by atoms with E-state index in [-0.39, 0.29) is 19.4 Å². The summed E-state index contributed by atoms with van der Waals surface area (Å²) in [6, 6.07) is 0. The van der Waals surface area contributed by atoms with Crippen LogP contribution in [0, 0.1) is 5.92 Å². The molecule has 3 N–H and O–H groups in total. The zero-order valence-electron chi connectivity index (χ0n) is 28.3. The van der Waals surface area contributed by atoms with Crippen LogP contribution in [0.25, 0.3) is 0 Å². The van der Waals surface area contributed by atoms with Crippen molar-refractivity contribution in [2.45, 2.75) is 155 Å². The van der Waals surface area contributed by atoms with Gasteiger partial charge in [-0.25, -0.2) is 4.57 Å². The van der Waals surface area contributed by atoms with Crippen LogP contribution in [0.2, 0.25) is 0 Å². The molecule has 10 heteroatoms. The quantitative estimate of drug-likeness (QED) is 0.0227. The van der Waals surface area contributed by atoms with Crippen molar-refractivity contribution >= 4 is 19.8 Å². The number of hydrogen-bond donors (Lipinski definition) is 3. The highest BCUT2D eigenvalue weighted by molar-refractivity contribution is 7.46. The average Bonchev–Trinajstić information content (AvgIpc) is 2.97. The third-order valence-corrected chi connectivity index (χ3v) is 7.68. The highest BCUT2D eigenvalue weighted by atomic mass is 31.2. The van der Waals surface area contributed by atoms with Crippen LogP contribution >= 0.6 is 7.82 Å². The number of aliphatic hydroxyl groups excluding tert-OH is 1. The number of carbonyl (C=O) groups excluding carboxylic acids is 2. The smallest absolute Gasteiger partial charge is 0.462 e. The van der Waals surface area contributed by atoms with Crippen LogP contribution in [0.1, 0.15) is 143 Å². The summed E-state index contributed by atoms with van der Waals surface area (Å²) >= 11 is 0. The molecule has 0 rings (SSSR count). The van der Waals surface area contributed by atoms with E-state index >= 15 is 0 Å². The lowest BCUT2D eigenvalue weighted by atomic mass is 10.0. The van der Waals surface area contributed by atoms with E-state index in [9.17, 15) is 19.3 Å². The first-order valence-corrected chi connectivity index (χ1v) is 18.8. The Morgan fingerprint density at radius 1 is 0.733 bits per heavy atom. The van der Waals surface area contributed by atoms with Gasteiger partial charge in [0.25, 0.3) is 0 Å². The first-order valence-electron chi connectivity index (χ1n) is 17.2. The minimum absolute atomic E-state index is 0.0430. The van der Waals surface area contributed by atoms with Crippen molar-refractivity contribution in [3.8, 4) is 0 Å². The van der Waals surface area contributed by atoms with Gasteiger partial charge in [-0.15, -0.1) is 0 Å². The molecule has 0 spiro atoms. The number of hydrogen-bond acceptors (Lipinski definition) is 7. The fourth-order valence-electron chi connectivity index (χ4n) is 4.56. The SMILES string of the molecule is CCCCCCCC/C=C/C/C=C/C=C/C(O)CCCC(=O)OC[C@H](COP(=O)(O)O)OC(=O)CCCCCCCCC(C)C. The van der Waals surface area contributed by atoms with Crippen molar-refractivity contribution in [3.63, 3.8) is 0 Å². The van der Waals surface area contributed by atoms with Gasteiger partial charge in [0.2, 0.25) is 0 Å². The summed E-state index contributed by atoms with van der Waals surface area (Å²) in [4.78, 5) is 42.5. The summed E-state index contributed by atoms with van der Waals surface area (Å²) in [7, 11) is -4.79. The van der Waals surface area contributed by atoms with Crippen molar-refractivity contribution in [1.82, 2.24) is 0 Å². The van der Waals surface area contributed by atoms with E-state index in [1.807, 2.05) is 12.2 Å². The number of unbranched alkanes of at least 4 members (excludes halogenated alkanes) is 11. The molecule has 0 aliphatic rings. The normalized spacial score (nSPS) is 13.8. The van der Waals surface area contributed by atoms with Crippen LogP contribution in [0.5, 0.6) is 0 Å². The molecular formula is C35H63O9P. The fourth-order valence-corrected chi connectivity index (χ4v) is 4.93. The van der Waals surface area contributed by atoms with Crippen molar-refractivity contribution in [2.24, 2.45) is 5.92 Å². The van der Waals surface area contributed by atoms with E-state index in [1.54, 1.807) is 12.2 Å². The monoisotopic (exact) mass is 658 g/mol. The average molecular weight is 659 g/mol. The maximum Gasteiger partial charge on any atom is 0.469 e. The molecule has 0 aromatic rings. The minimum Gasteiger partial charge on any atom is -0.462 e. The topological polar surface area (TPSA) is 140 Å². The minimum atomic E-state index is -4.79. The predicted molar refractivity (Wildman–Crippen MR) is 180 cm³/mol. The summed E-state index contributed by atoms with van der Waals surface area (Å²) in [5.41, 5.74) is 0. The van der Waals surface area contributed by atoms with E-state index in [1.165, 1.54) is 57.8 Å². The Morgan fingerprint density at radius 2 is 1.38 bits per heavy atom. The van der Waals surface area contributed by atoms with E-state index in [4.69, 9.17) is 19.3 Å². The van der Waals surface area contributed by atoms with Crippen LogP contribution < -0.4 is 0 Å². The number of ether oxygens (including phenoxy) is 2. The van der Waals surface area contributed by atoms with Crippen LogP contribution in [0.3, 0.4) is 0 Å². The first-order chi connectivity index (χ1) is 21.5. The molecule has 0 saturated heterocycles. The Bertz CT molecular complexity index is 863. The fraction of sp³-hybridized carbons (Fsp3) is 0.771. The van der Waals surface area contributed by atoms with Gasteiger partial charge in [-0.2, -0.15) is 0 Å². The molecule has 0 bridgehead atoms. The molecule has 0 aliphatic heterocycles. The van der Waals surface area contributed by atoms with Crippen LogP contribution in [-0.4, -0.2) is 52.3 Å². The number of allylic oxidation sites excluding steroid dienone is 5. The largest absolute Gasteiger partial charge is 0.469 e. The zero-order valence-corrected chi connectivity index (χ0v) is 29.2. The summed E-state index contributed by atoms with van der Waals surface area (Å²) in [6.07, 6.45) is 28.0. The van der Waals surface area contributed by atoms with E-state index in [0.29, 0.717) is 25.2 Å². The Kier molecular flexibility index (Phi) is 28.5. The number of aliphatic hydroxyl groups is 1. The number of esters is 2. The Balaban J connectivity index is 4.21. The van der Waals surface area contributed by atoms with Crippen LogP contribution in [-0.2, 0) is 28.2 Å². The van der Waals surface area contributed by atoms with E-state index < -0.39 is 38.6 Å². The standard InChI is InChI=1S/C35H63O9P/c1-4-5-6-7-8-9-10-11-12-13-14-18-21-25-32(36)26-23-28-34(37)42-29-33(30-43-45(39,40)41)44-35(38)27-22-19-16-15-17-20-24-31(2)3/h11-12,14,18,21,25,31-33,36H,4-10,13,15-17,19-20,22-24,26-30H2,1-3H3,(H2,39,40,41)/b12-11+,18-14+,25-21+/t32?,33-/m1/s1. The molecule has 1 unspecified atom stereocenters. The third-order valence-electron chi connectivity index (χ3n) is 7.19. The van der Waals surface area contributed by atoms with E-state index in [0.717, 1.165) is 32.1 Å². The molecule has 0 heterocycles. The lowest BCUT2D eigenvalue weighted by Gasteiger charge is -2.18. The Hall–Kier alpha value is -1.77. The Labute approximate surface area is 273 Å². The van der Waals surface area contributed by atoms with Crippen LogP contribution in [0.15, 0.2) is 36.5 Å². The third kappa shape index (κ3) is 33.4. The number of rotatable bonds is 30. The van der Waals surface area contributed by atoms with Crippen molar-refractivity contribution < 1.29 is 43.0 Å². The molecular weight excluding hydrogens is 595 g/mol. The highest BCUT2D eigenvalue weighted by Gasteiger charge is 2.23. The molecule has 0 aromatic carbocycles. The van der Waals surface area contributed by atoms with Crippen molar-refractivity contribution in [3.05, 3.63) is 36.5 Å². The second-order valence-electron chi connectivity index (χ2n) is 12.2. The molecule has 0 fully saturated rings. The molecule has 45 heavy (non-hydrogen) atoms. The number of phosphoric acid groups is 1. The molecule has 0 aliphatic carbocycles. The van der Waals surface area contributed by atoms with Gasteiger partial charge in [0.05, 0.1) is 12.7 Å². The number of phosphoric ester groups is 1. The summed E-state index contributed by atoms with van der Waals surface area (Å²) in [5, 5.41) is 10.1. The van der Waals surface area contributed by atoms with Gasteiger partial charge >= 0.3 is 19.8 Å². The lowest BCUT2D eigenvalue weighted by molar-refractivity contribution is -0.161. The second-order valence-corrected chi connectivity index (χ2v) is 13.4. The second kappa shape index (κ2) is 29.6. The molecule has 262 valence electrons. The Morgan fingerprint density at radius 3 is 2.07 bits per heavy atom. The maximum atomic E-state index is 12.3. The van der Waals surface area contributed by atoms with Gasteiger partial charge in [-0.1, -0.05) is 128 Å². The van der Waals surface area contributed by atoms with E-state index in [2.05, 4.69) is 37.4 Å². The van der Waals surface area contributed by atoms with Crippen LogP contribution in [0.4, 0.5) is 0 Å². The lowest BCUT2D eigenvalue weighted by Crippen LogP contribution is -2.29. The van der Waals surface area contributed by atoms with Crippen molar-refractivity contribution in [2.75, 3.05) is 13.2 Å². The summed E-state index contributed by atoms with van der Waals surface area (Å²) < 4.78 is 26.0. The summed E-state index contributed by atoms with van der Waals surface area (Å²) in [6.45, 7) is 5.69. The number of carbonyl (C=O) groups is 2. The van der Waals surface area contributed by atoms with Gasteiger partial charge in [0.1, 0.15) is 6.61 Å². The van der Waals surface area contributed by atoms with Gasteiger partial charge in [-0.3, -0.25) is 14.1 Å².